The first-order valence-corrected chi connectivity index (χ1v) is 6.47. The van der Waals surface area contributed by atoms with Gasteiger partial charge in [0.15, 0.2) is 5.69 Å². The number of anilines is 1. The number of rotatable bonds is 4. The number of hydrogen-bond donors (Lipinski definition) is 1. The van der Waals surface area contributed by atoms with Crippen LogP contribution in [0.15, 0.2) is 30.5 Å². The topological polar surface area (TPSA) is 70.1 Å². The van der Waals surface area contributed by atoms with Gasteiger partial charge in [-0.05, 0) is 24.6 Å². The summed E-state index contributed by atoms with van der Waals surface area (Å²) in [6.07, 6.45) is -3.69. The minimum absolute atomic E-state index is 0.0146. The van der Waals surface area contributed by atoms with E-state index in [9.17, 15) is 18.0 Å². The SMILES string of the molecule is CCOC(=O)c1cn(Cc2ccc(N)cc2)nc1C(F)(F)F. The molecular formula is C14H14F3N3O2. The molecule has 1 aromatic heterocycles. The van der Waals surface area contributed by atoms with Crippen molar-refractivity contribution in [1.29, 1.82) is 0 Å². The van der Waals surface area contributed by atoms with Gasteiger partial charge in [-0.25, -0.2) is 4.79 Å². The fourth-order valence-electron chi connectivity index (χ4n) is 1.88. The number of carbonyl (C=O) groups excluding carboxylic acids is 1. The molecular weight excluding hydrogens is 299 g/mol. The van der Waals surface area contributed by atoms with Gasteiger partial charge >= 0.3 is 12.1 Å². The highest BCUT2D eigenvalue weighted by Gasteiger charge is 2.39. The summed E-state index contributed by atoms with van der Waals surface area (Å²) < 4.78 is 44.6. The Morgan fingerprint density at radius 1 is 1.32 bits per heavy atom. The van der Waals surface area contributed by atoms with Crippen LogP contribution in [0.25, 0.3) is 0 Å². The van der Waals surface area contributed by atoms with Crippen molar-refractivity contribution >= 4 is 11.7 Å². The van der Waals surface area contributed by atoms with Crippen LogP contribution in [0.5, 0.6) is 0 Å². The average molecular weight is 313 g/mol. The van der Waals surface area contributed by atoms with Crippen LogP contribution in [0.2, 0.25) is 0 Å². The zero-order chi connectivity index (χ0) is 16.3. The van der Waals surface area contributed by atoms with Crippen molar-refractivity contribution in [1.82, 2.24) is 9.78 Å². The van der Waals surface area contributed by atoms with E-state index in [0.717, 1.165) is 10.9 Å². The van der Waals surface area contributed by atoms with Gasteiger partial charge in [-0.3, -0.25) is 4.68 Å². The number of hydrogen-bond acceptors (Lipinski definition) is 4. The van der Waals surface area contributed by atoms with Crippen molar-refractivity contribution in [3.8, 4) is 0 Å². The van der Waals surface area contributed by atoms with Gasteiger partial charge in [-0.1, -0.05) is 12.1 Å². The highest BCUT2D eigenvalue weighted by Crippen LogP contribution is 2.31. The highest BCUT2D eigenvalue weighted by molar-refractivity contribution is 5.90. The molecule has 0 saturated heterocycles. The van der Waals surface area contributed by atoms with E-state index < -0.39 is 23.4 Å². The molecule has 0 fully saturated rings. The number of nitrogens with two attached hydrogens (primary N) is 1. The molecule has 0 unspecified atom stereocenters. The lowest BCUT2D eigenvalue weighted by Crippen LogP contribution is -2.14. The van der Waals surface area contributed by atoms with Gasteiger partial charge in [0.1, 0.15) is 5.56 Å². The molecule has 0 aliphatic carbocycles. The van der Waals surface area contributed by atoms with E-state index in [1.165, 1.54) is 6.92 Å². The zero-order valence-electron chi connectivity index (χ0n) is 11.7. The number of alkyl halides is 3. The summed E-state index contributed by atoms with van der Waals surface area (Å²) >= 11 is 0. The fraction of sp³-hybridized carbons (Fsp3) is 0.286. The van der Waals surface area contributed by atoms with Gasteiger partial charge in [0.05, 0.1) is 13.2 Å². The van der Waals surface area contributed by atoms with Crippen LogP contribution in [0.4, 0.5) is 18.9 Å². The standard InChI is InChI=1S/C14H14F3N3O2/c1-2-22-13(21)11-8-20(19-12(11)14(15,16)17)7-9-3-5-10(18)6-4-9/h3-6,8H,2,7,18H2,1H3. The number of nitrogen functional groups attached to an aromatic ring is 1. The summed E-state index contributed by atoms with van der Waals surface area (Å²) in [5, 5.41) is 3.46. The zero-order valence-corrected chi connectivity index (χ0v) is 11.7. The van der Waals surface area contributed by atoms with Gasteiger partial charge in [0.25, 0.3) is 0 Å². The van der Waals surface area contributed by atoms with Crippen molar-refractivity contribution < 1.29 is 22.7 Å². The lowest BCUT2D eigenvalue weighted by Gasteiger charge is -2.05. The Hall–Kier alpha value is -2.51. The van der Waals surface area contributed by atoms with Gasteiger partial charge < -0.3 is 10.5 Å². The Morgan fingerprint density at radius 2 is 1.95 bits per heavy atom. The largest absolute Gasteiger partial charge is 0.462 e. The number of halogens is 3. The molecule has 0 aliphatic rings. The van der Waals surface area contributed by atoms with Crippen molar-refractivity contribution in [2.45, 2.75) is 19.6 Å². The molecule has 2 aromatic rings. The maximum Gasteiger partial charge on any atom is 0.436 e. The summed E-state index contributed by atoms with van der Waals surface area (Å²) in [6.45, 7) is 1.59. The van der Waals surface area contributed by atoms with Crippen molar-refractivity contribution in [3.63, 3.8) is 0 Å². The van der Waals surface area contributed by atoms with Gasteiger partial charge in [-0.2, -0.15) is 18.3 Å². The Morgan fingerprint density at radius 3 is 2.50 bits per heavy atom. The molecule has 0 aliphatic heterocycles. The van der Waals surface area contributed by atoms with Crippen LogP contribution in [-0.4, -0.2) is 22.4 Å². The molecule has 1 aromatic carbocycles. The number of aromatic nitrogens is 2. The van der Waals surface area contributed by atoms with Crippen molar-refractivity contribution in [3.05, 3.63) is 47.3 Å². The molecule has 118 valence electrons. The van der Waals surface area contributed by atoms with Crippen molar-refractivity contribution in [2.75, 3.05) is 12.3 Å². The van der Waals surface area contributed by atoms with Crippen LogP contribution < -0.4 is 5.73 Å². The molecule has 0 radical (unpaired) electrons. The van der Waals surface area contributed by atoms with E-state index in [-0.39, 0.29) is 13.2 Å². The Labute approximate surface area is 124 Å². The van der Waals surface area contributed by atoms with E-state index >= 15 is 0 Å². The van der Waals surface area contributed by atoms with E-state index in [2.05, 4.69) is 9.84 Å². The normalized spacial score (nSPS) is 11.5. The van der Waals surface area contributed by atoms with Gasteiger partial charge in [0.2, 0.25) is 0 Å². The molecule has 0 amide bonds. The first-order valence-electron chi connectivity index (χ1n) is 6.47. The molecule has 2 rings (SSSR count). The minimum atomic E-state index is -4.73. The lowest BCUT2D eigenvalue weighted by molar-refractivity contribution is -0.142. The fourth-order valence-corrected chi connectivity index (χ4v) is 1.88. The van der Waals surface area contributed by atoms with Crippen LogP contribution in [-0.2, 0) is 17.5 Å². The summed E-state index contributed by atoms with van der Waals surface area (Å²) in [6, 6.07) is 6.62. The smallest absolute Gasteiger partial charge is 0.436 e. The second-order valence-electron chi connectivity index (χ2n) is 4.55. The van der Waals surface area contributed by atoms with Gasteiger partial charge in [-0.15, -0.1) is 0 Å². The number of carbonyl (C=O) groups is 1. The second-order valence-corrected chi connectivity index (χ2v) is 4.55. The Kier molecular flexibility index (Phi) is 4.39. The summed E-state index contributed by atoms with van der Waals surface area (Å²) in [7, 11) is 0. The molecule has 0 saturated carbocycles. The predicted octanol–water partition coefficient (Wildman–Crippen LogP) is 2.71. The molecule has 0 bridgehead atoms. The Balaban J connectivity index is 2.33. The summed E-state index contributed by atoms with van der Waals surface area (Å²) in [5.74, 6) is -1.04. The van der Waals surface area contributed by atoms with E-state index in [4.69, 9.17) is 5.73 Å². The predicted molar refractivity (Wildman–Crippen MR) is 73.1 cm³/mol. The third kappa shape index (κ3) is 3.57. The molecule has 0 spiro atoms. The lowest BCUT2D eigenvalue weighted by atomic mass is 10.2. The van der Waals surface area contributed by atoms with Crippen LogP contribution >= 0.6 is 0 Å². The van der Waals surface area contributed by atoms with E-state index in [1.54, 1.807) is 24.3 Å². The average Bonchev–Trinajstić information content (AvgIpc) is 2.86. The Bertz CT molecular complexity index is 663. The first-order chi connectivity index (χ1) is 10.3. The van der Waals surface area contributed by atoms with Crippen LogP contribution in [0, 0.1) is 0 Å². The van der Waals surface area contributed by atoms with E-state index in [0.29, 0.717) is 11.3 Å². The number of benzene rings is 1. The number of ether oxygens (including phenoxy) is 1. The van der Waals surface area contributed by atoms with E-state index in [1.807, 2.05) is 0 Å². The summed E-state index contributed by atoms with van der Waals surface area (Å²) in [5.41, 5.74) is 4.96. The van der Waals surface area contributed by atoms with Crippen LogP contribution in [0.1, 0.15) is 28.5 Å². The van der Waals surface area contributed by atoms with Crippen LogP contribution in [0.3, 0.4) is 0 Å². The molecule has 5 nitrogen and oxygen atoms in total. The first kappa shape index (κ1) is 15.9. The third-order valence-corrected chi connectivity index (χ3v) is 2.85. The molecule has 0 atom stereocenters. The maximum atomic E-state index is 13.0. The minimum Gasteiger partial charge on any atom is -0.462 e. The summed E-state index contributed by atoms with van der Waals surface area (Å²) in [4.78, 5) is 11.6. The maximum absolute atomic E-state index is 13.0. The number of nitrogens with zero attached hydrogens (tertiary/aromatic N) is 2. The molecule has 22 heavy (non-hydrogen) atoms. The quantitative estimate of drug-likeness (QED) is 0.696. The number of esters is 1. The highest BCUT2D eigenvalue weighted by atomic mass is 19.4. The second kappa shape index (κ2) is 6.08. The van der Waals surface area contributed by atoms with Crippen molar-refractivity contribution in [2.24, 2.45) is 0 Å². The molecule has 8 heteroatoms. The third-order valence-electron chi connectivity index (χ3n) is 2.85. The molecule has 2 N–H and O–H groups in total. The monoisotopic (exact) mass is 313 g/mol. The molecule has 1 heterocycles. The van der Waals surface area contributed by atoms with Gasteiger partial charge in [0, 0.05) is 11.9 Å².